The maximum atomic E-state index is 13.4. The highest BCUT2D eigenvalue weighted by Crippen LogP contribution is 2.31. The van der Waals surface area contributed by atoms with Crippen LogP contribution in [-0.4, -0.2) is 9.97 Å². The highest BCUT2D eigenvalue weighted by Gasteiger charge is 2.34. The van der Waals surface area contributed by atoms with Crippen LogP contribution >= 0.6 is 0 Å². The van der Waals surface area contributed by atoms with Crippen LogP contribution in [0, 0.1) is 12.7 Å². The molecule has 0 saturated carbocycles. The Morgan fingerprint density at radius 2 is 1.90 bits per heavy atom. The average Bonchev–Trinajstić information content (AvgIpc) is 2.41. The molecule has 0 fully saturated rings. The van der Waals surface area contributed by atoms with Gasteiger partial charge in [0.15, 0.2) is 5.69 Å². The number of nitrogen functional groups attached to an aromatic ring is 1. The maximum Gasteiger partial charge on any atom is 0.433 e. The minimum atomic E-state index is -4.69. The molecule has 0 atom stereocenters. The highest BCUT2D eigenvalue weighted by atomic mass is 19.4. The fourth-order valence-electron chi connectivity index (χ4n) is 1.44. The molecule has 0 amide bonds. The second kappa shape index (κ2) is 5.52. The summed E-state index contributed by atoms with van der Waals surface area (Å²) in [4.78, 5) is 6.79. The molecule has 1 heterocycles. The lowest BCUT2D eigenvalue weighted by Gasteiger charge is -2.11. The Labute approximate surface area is 116 Å². The molecule has 5 nitrogen and oxygen atoms in total. The molecule has 3 N–H and O–H groups in total. The van der Waals surface area contributed by atoms with Crippen LogP contribution in [0.25, 0.3) is 0 Å². The molecular weight excluding hydrogens is 292 g/mol. The number of halogens is 4. The predicted molar refractivity (Wildman–Crippen MR) is 66.1 cm³/mol. The Hall–Kier alpha value is -2.42. The van der Waals surface area contributed by atoms with E-state index in [9.17, 15) is 17.6 Å². The first kappa shape index (κ1) is 15.0. The second-order valence-electron chi connectivity index (χ2n) is 4.07. The third-order valence-electron chi connectivity index (χ3n) is 2.49. The van der Waals surface area contributed by atoms with Gasteiger partial charge in [-0.25, -0.2) is 15.2 Å². The van der Waals surface area contributed by atoms with Gasteiger partial charge in [0.2, 0.25) is 11.8 Å². The van der Waals surface area contributed by atoms with Crippen LogP contribution in [0.2, 0.25) is 0 Å². The summed E-state index contributed by atoms with van der Waals surface area (Å²) < 4.78 is 56.5. The molecule has 0 spiro atoms. The Bertz CT molecular complexity index is 660. The van der Waals surface area contributed by atoms with E-state index in [-0.39, 0.29) is 5.75 Å². The standard InChI is InChI=1S/C12H10F4N4O/c1-6-2-3-7(4-8(6)13)21-10-5-9(12(14,15)16)18-11(19-10)20-17/h2-5H,17H2,1H3,(H,18,19,20). The van der Waals surface area contributed by atoms with Crippen molar-refractivity contribution in [1.29, 1.82) is 0 Å². The Kier molecular flexibility index (Phi) is 3.94. The highest BCUT2D eigenvalue weighted by molar-refractivity contribution is 5.35. The van der Waals surface area contributed by atoms with Crippen molar-refractivity contribution in [3.8, 4) is 11.6 Å². The molecule has 0 aliphatic rings. The van der Waals surface area contributed by atoms with Gasteiger partial charge in [0.1, 0.15) is 11.6 Å². The number of hydrogen-bond acceptors (Lipinski definition) is 5. The maximum absolute atomic E-state index is 13.4. The summed E-state index contributed by atoms with van der Waals surface area (Å²) in [6.07, 6.45) is -4.69. The number of benzene rings is 1. The number of hydrogen-bond donors (Lipinski definition) is 2. The third-order valence-corrected chi connectivity index (χ3v) is 2.49. The van der Waals surface area contributed by atoms with Gasteiger partial charge in [-0.3, -0.25) is 5.43 Å². The smallest absolute Gasteiger partial charge is 0.433 e. The van der Waals surface area contributed by atoms with Gasteiger partial charge >= 0.3 is 6.18 Å². The summed E-state index contributed by atoms with van der Waals surface area (Å²) in [7, 11) is 0. The van der Waals surface area contributed by atoms with Gasteiger partial charge in [-0.15, -0.1) is 0 Å². The number of nitrogens with zero attached hydrogens (tertiary/aromatic N) is 2. The Morgan fingerprint density at radius 1 is 1.19 bits per heavy atom. The van der Waals surface area contributed by atoms with Gasteiger partial charge in [-0.05, 0) is 18.6 Å². The molecule has 0 saturated heterocycles. The van der Waals surface area contributed by atoms with Crippen molar-refractivity contribution in [3.63, 3.8) is 0 Å². The van der Waals surface area contributed by atoms with E-state index in [1.165, 1.54) is 12.1 Å². The number of nitrogens with one attached hydrogen (secondary N) is 1. The number of hydrazine groups is 1. The van der Waals surface area contributed by atoms with Crippen LogP contribution in [0.4, 0.5) is 23.5 Å². The zero-order valence-corrected chi connectivity index (χ0v) is 10.7. The molecule has 112 valence electrons. The van der Waals surface area contributed by atoms with E-state index in [1.807, 2.05) is 5.43 Å². The lowest BCUT2D eigenvalue weighted by Crippen LogP contribution is -2.15. The molecule has 0 bridgehead atoms. The van der Waals surface area contributed by atoms with Gasteiger partial charge < -0.3 is 4.74 Å². The predicted octanol–water partition coefficient (Wildman–Crippen LogP) is 3.02. The fourth-order valence-corrected chi connectivity index (χ4v) is 1.44. The van der Waals surface area contributed by atoms with Crippen molar-refractivity contribution in [2.24, 2.45) is 5.84 Å². The molecule has 0 unspecified atom stereocenters. The molecular formula is C12H10F4N4O. The quantitative estimate of drug-likeness (QED) is 0.518. The number of ether oxygens (including phenoxy) is 1. The summed E-state index contributed by atoms with van der Waals surface area (Å²) in [5.74, 6) is 3.60. The largest absolute Gasteiger partial charge is 0.439 e. The van der Waals surface area contributed by atoms with Gasteiger partial charge in [-0.1, -0.05) is 6.07 Å². The van der Waals surface area contributed by atoms with E-state index < -0.39 is 29.5 Å². The number of anilines is 1. The monoisotopic (exact) mass is 302 g/mol. The van der Waals surface area contributed by atoms with Crippen LogP contribution in [0.15, 0.2) is 24.3 Å². The molecule has 2 aromatic rings. The van der Waals surface area contributed by atoms with Crippen LogP contribution in [0.3, 0.4) is 0 Å². The molecule has 21 heavy (non-hydrogen) atoms. The van der Waals surface area contributed by atoms with E-state index in [0.29, 0.717) is 11.6 Å². The number of aryl methyl sites for hydroxylation is 1. The van der Waals surface area contributed by atoms with Crippen molar-refractivity contribution in [1.82, 2.24) is 9.97 Å². The summed E-state index contributed by atoms with van der Waals surface area (Å²) in [5, 5.41) is 0. The minimum Gasteiger partial charge on any atom is -0.439 e. The number of aromatic nitrogens is 2. The lowest BCUT2D eigenvalue weighted by atomic mass is 10.2. The third kappa shape index (κ3) is 3.57. The number of rotatable bonds is 3. The summed E-state index contributed by atoms with van der Waals surface area (Å²) in [5.41, 5.74) is 1.06. The van der Waals surface area contributed by atoms with E-state index in [1.54, 1.807) is 6.92 Å². The topological polar surface area (TPSA) is 73.1 Å². The molecule has 1 aromatic heterocycles. The van der Waals surface area contributed by atoms with Gasteiger partial charge in [0, 0.05) is 12.1 Å². The molecule has 1 aromatic carbocycles. The second-order valence-corrected chi connectivity index (χ2v) is 4.07. The van der Waals surface area contributed by atoms with Crippen LogP contribution in [0.5, 0.6) is 11.6 Å². The zero-order valence-electron chi connectivity index (χ0n) is 10.7. The van der Waals surface area contributed by atoms with Crippen molar-refractivity contribution >= 4 is 5.95 Å². The number of nitrogens with two attached hydrogens (primary N) is 1. The average molecular weight is 302 g/mol. The lowest BCUT2D eigenvalue weighted by molar-refractivity contribution is -0.141. The summed E-state index contributed by atoms with van der Waals surface area (Å²) in [6, 6.07) is 4.47. The SMILES string of the molecule is Cc1ccc(Oc2cc(C(F)(F)F)nc(NN)n2)cc1F. The summed E-state index contributed by atoms with van der Waals surface area (Å²) >= 11 is 0. The molecule has 2 rings (SSSR count). The van der Waals surface area contributed by atoms with Gasteiger partial charge in [0.25, 0.3) is 0 Å². The molecule has 9 heteroatoms. The van der Waals surface area contributed by atoms with Crippen molar-refractivity contribution < 1.29 is 22.3 Å². The Balaban J connectivity index is 2.36. The van der Waals surface area contributed by atoms with E-state index in [4.69, 9.17) is 10.6 Å². The Morgan fingerprint density at radius 3 is 2.48 bits per heavy atom. The van der Waals surface area contributed by atoms with E-state index in [0.717, 1.165) is 6.07 Å². The van der Waals surface area contributed by atoms with Gasteiger partial charge in [0.05, 0.1) is 0 Å². The molecule has 0 aliphatic heterocycles. The van der Waals surface area contributed by atoms with Crippen molar-refractivity contribution in [2.75, 3.05) is 5.43 Å². The van der Waals surface area contributed by atoms with Crippen molar-refractivity contribution in [3.05, 3.63) is 41.3 Å². The molecule has 0 radical (unpaired) electrons. The minimum absolute atomic E-state index is 0.00731. The fraction of sp³-hybridized carbons (Fsp3) is 0.167. The van der Waals surface area contributed by atoms with Crippen molar-refractivity contribution in [2.45, 2.75) is 13.1 Å². The van der Waals surface area contributed by atoms with E-state index in [2.05, 4.69) is 9.97 Å². The normalized spacial score (nSPS) is 11.3. The summed E-state index contributed by atoms with van der Waals surface area (Å²) in [6.45, 7) is 1.54. The molecule has 0 aliphatic carbocycles. The van der Waals surface area contributed by atoms with Crippen LogP contribution < -0.4 is 16.0 Å². The zero-order chi connectivity index (χ0) is 15.6. The van der Waals surface area contributed by atoms with Crippen LogP contribution in [0.1, 0.15) is 11.3 Å². The van der Waals surface area contributed by atoms with Gasteiger partial charge in [-0.2, -0.15) is 18.2 Å². The first-order valence-electron chi connectivity index (χ1n) is 5.66. The van der Waals surface area contributed by atoms with Crippen LogP contribution in [-0.2, 0) is 6.18 Å². The van der Waals surface area contributed by atoms with E-state index >= 15 is 0 Å². The number of alkyl halides is 3. The first-order chi connectivity index (χ1) is 9.79. The first-order valence-corrected chi connectivity index (χ1v) is 5.66.